The quantitative estimate of drug-likeness (QED) is 0.192. The maximum atomic E-state index is 12.2. The first-order chi connectivity index (χ1) is 12.3. The molecule has 0 radical (unpaired) electrons. The number of hydrogen-bond acceptors (Lipinski definition) is 4. The van der Waals surface area contributed by atoms with Gasteiger partial charge in [-0.15, -0.1) is 0 Å². The number of carbonyl (C=O) groups excluding carboxylic acids is 2. The van der Waals surface area contributed by atoms with Gasteiger partial charge in [-0.1, -0.05) is 28.1 Å². The highest BCUT2D eigenvalue weighted by Crippen LogP contribution is 2.32. The van der Waals surface area contributed by atoms with E-state index in [-0.39, 0.29) is 5.97 Å². The summed E-state index contributed by atoms with van der Waals surface area (Å²) in [4.78, 5) is 23.4. The molecule has 3 rings (SSSR count). The van der Waals surface area contributed by atoms with E-state index in [9.17, 15) is 9.59 Å². The number of halogens is 3. The third-order valence-corrected chi connectivity index (χ3v) is 5.57. The summed E-state index contributed by atoms with van der Waals surface area (Å²) in [6.45, 7) is 1.37. The largest absolute Gasteiger partial charge is 0.424 e. The summed E-state index contributed by atoms with van der Waals surface area (Å²) in [5, 5.41) is 0. The van der Waals surface area contributed by atoms with E-state index < -0.39 is 5.97 Å². The molecule has 1 aliphatic rings. The number of cyclic esters (lactones) is 1. The van der Waals surface area contributed by atoms with Gasteiger partial charge in [0.1, 0.15) is 5.76 Å². The fraction of sp³-hybridized carbons (Fsp3) is 0.0526. The summed E-state index contributed by atoms with van der Waals surface area (Å²) in [6.07, 6.45) is 3.49. The first kappa shape index (κ1) is 19.6. The van der Waals surface area contributed by atoms with Gasteiger partial charge < -0.3 is 9.47 Å². The number of rotatable bonds is 3. The second-order valence-electron chi connectivity index (χ2n) is 5.41. The monoisotopic (exact) mass is 636 g/mol. The molecule has 0 aliphatic carbocycles. The molecule has 0 saturated carbocycles. The Kier molecular flexibility index (Phi) is 6.18. The molecule has 0 N–H and O–H groups in total. The molecule has 0 fully saturated rings. The van der Waals surface area contributed by atoms with Crippen LogP contribution in [0.3, 0.4) is 0 Å². The summed E-state index contributed by atoms with van der Waals surface area (Å²) in [5.41, 5.74) is 2.13. The van der Waals surface area contributed by atoms with Crippen molar-refractivity contribution in [3.05, 3.63) is 70.8 Å². The van der Waals surface area contributed by atoms with Crippen LogP contribution in [0.15, 0.2) is 52.5 Å². The molecule has 0 bridgehead atoms. The van der Waals surface area contributed by atoms with Gasteiger partial charge in [0.2, 0.25) is 0 Å². The zero-order chi connectivity index (χ0) is 18.8. The van der Waals surface area contributed by atoms with Crippen molar-refractivity contribution in [2.24, 2.45) is 0 Å². The molecule has 0 unspecified atom stereocenters. The first-order valence-corrected chi connectivity index (χ1v) is 10.4. The highest BCUT2D eigenvalue weighted by molar-refractivity contribution is 14.1. The van der Waals surface area contributed by atoms with E-state index in [4.69, 9.17) is 9.47 Å². The summed E-state index contributed by atoms with van der Waals surface area (Å²) in [7, 11) is 0. The summed E-state index contributed by atoms with van der Waals surface area (Å²) < 4.78 is 13.1. The SMILES string of the molecule is CC(=O)Oc1c(I)cc(/C=C2\C=C(c3ccc(Br)cc3)OC2=O)cc1I. The lowest BCUT2D eigenvalue weighted by atomic mass is 10.1. The lowest BCUT2D eigenvalue weighted by molar-refractivity contribution is -0.132. The minimum absolute atomic E-state index is 0.367. The zero-order valence-corrected chi connectivity index (χ0v) is 19.3. The van der Waals surface area contributed by atoms with Crippen LogP contribution in [0.25, 0.3) is 11.8 Å². The minimum atomic E-state index is -0.392. The van der Waals surface area contributed by atoms with Gasteiger partial charge in [-0.3, -0.25) is 4.79 Å². The highest BCUT2D eigenvalue weighted by atomic mass is 127. The molecule has 0 aromatic heterocycles. The van der Waals surface area contributed by atoms with Crippen LogP contribution >= 0.6 is 61.1 Å². The van der Waals surface area contributed by atoms with Crippen LogP contribution in [0.1, 0.15) is 18.1 Å². The van der Waals surface area contributed by atoms with Gasteiger partial charge in [-0.2, -0.15) is 0 Å². The van der Waals surface area contributed by atoms with Gasteiger partial charge in [0.15, 0.2) is 5.75 Å². The van der Waals surface area contributed by atoms with Crippen LogP contribution in [0.5, 0.6) is 5.75 Å². The molecule has 26 heavy (non-hydrogen) atoms. The Morgan fingerprint density at radius 2 is 1.77 bits per heavy atom. The maximum Gasteiger partial charge on any atom is 0.343 e. The molecule has 0 spiro atoms. The van der Waals surface area contributed by atoms with Gasteiger partial charge in [0.05, 0.1) is 12.7 Å². The zero-order valence-electron chi connectivity index (χ0n) is 13.4. The smallest absolute Gasteiger partial charge is 0.343 e. The Balaban J connectivity index is 1.93. The van der Waals surface area contributed by atoms with Crippen molar-refractivity contribution in [3.8, 4) is 5.75 Å². The second kappa shape index (κ2) is 8.22. The predicted octanol–water partition coefficient (Wildman–Crippen LogP) is 5.56. The van der Waals surface area contributed by atoms with Gasteiger partial charge >= 0.3 is 11.9 Å². The van der Waals surface area contributed by atoms with Crippen LogP contribution in [0, 0.1) is 7.14 Å². The molecule has 2 aromatic rings. The minimum Gasteiger partial charge on any atom is -0.424 e. The average molecular weight is 637 g/mol. The standard InChI is InChI=1S/C19H11BrI2O4/c1-10(23)25-18-15(21)7-11(8-16(18)22)6-13-9-17(26-19(13)24)12-2-4-14(20)5-3-12/h2-9H,1H3/b13-6+. The predicted molar refractivity (Wildman–Crippen MR) is 119 cm³/mol. The Labute approximate surface area is 186 Å². The van der Waals surface area contributed by atoms with Gasteiger partial charge in [-0.05, 0) is 87.2 Å². The normalized spacial score (nSPS) is 15.0. The molecule has 7 heteroatoms. The third-order valence-electron chi connectivity index (χ3n) is 3.44. The Morgan fingerprint density at radius 3 is 2.35 bits per heavy atom. The fourth-order valence-corrected chi connectivity index (χ4v) is 4.63. The molecule has 1 heterocycles. The van der Waals surface area contributed by atoms with Gasteiger partial charge in [0.25, 0.3) is 0 Å². The van der Waals surface area contributed by atoms with Crippen LogP contribution in [-0.4, -0.2) is 11.9 Å². The highest BCUT2D eigenvalue weighted by Gasteiger charge is 2.22. The van der Waals surface area contributed by atoms with E-state index in [1.807, 2.05) is 36.4 Å². The van der Waals surface area contributed by atoms with Crippen LogP contribution in [0.4, 0.5) is 0 Å². The van der Waals surface area contributed by atoms with Crippen molar-refractivity contribution < 1.29 is 19.1 Å². The van der Waals surface area contributed by atoms with E-state index in [0.717, 1.165) is 22.7 Å². The molecular formula is C19H11BrI2O4. The molecule has 4 nitrogen and oxygen atoms in total. The molecule has 0 amide bonds. The van der Waals surface area contributed by atoms with E-state index in [1.165, 1.54) is 6.92 Å². The second-order valence-corrected chi connectivity index (χ2v) is 8.65. The molecule has 2 aromatic carbocycles. The van der Waals surface area contributed by atoms with Crippen molar-refractivity contribution in [1.82, 2.24) is 0 Å². The van der Waals surface area contributed by atoms with Crippen LogP contribution < -0.4 is 4.74 Å². The fourth-order valence-electron chi connectivity index (χ4n) is 2.33. The van der Waals surface area contributed by atoms with Crippen molar-refractivity contribution in [2.45, 2.75) is 6.92 Å². The number of carbonyl (C=O) groups is 2. The number of benzene rings is 2. The topological polar surface area (TPSA) is 52.6 Å². The molecule has 1 aliphatic heterocycles. The average Bonchev–Trinajstić information content (AvgIpc) is 2.92. The number of esters is 2. The Hall–Kier alpha value is -1.20. The molecule has 0 saturated heterocycles. The lowest BCUT2D eigenvalue weighted by Crippen LogP contribution is -2.05. The summed E-state index contributed by atoms with van der Waals surface area (Å²) in [6, 6.07) is 11.3. The van der Waals surface area contributed by atoms with Crippen molar-refractivity contribution >= 4 is 84.9 Å². The molecule has 0 atom stereocenters. The van der Waals surface area contributed by atoms with Crippen molar-refractivity contribution in [1.29, 1.82) is 0 Å². The van der Waals surface area contributed by atoms with E-state index >= 15 is 0 Å². The summed E-state index contributed by atoms with van der Waals surface area (Å²) >= 11 is 7.60. The number of ether oxygens (including phenoxy) is 2. The van der Waals surface area contributed by atoms with Crippen molar-refractivity contribution in [3.63, 3.8) is 0 Å². The molecular weight excluding hydrogens is 626 g/mol. The Bertz CT molecular complexity index is 939. The van der Waals surface area contributed by atoms with E-state index in [1.54, 1.807) is 12.2 Å². The van der Waals surface area contributed by atoms with Crippen LogP contribution in [-0.2, 0) is 14.3 Å². The number of hydrogen-bond donors (Lipinski definition) is 0. The van der Waals surface area contributed by atoms with Gasteiger partial charge in [0, 0.05) is 17.0 Å². The maximum absolute atomic E-state index is 12.2. The summed E-state index contributed by atoms with van der Waals surface area (Å²) in [5.74, 6) is 0.293. The van der Waals surface area contributed by atoms with Crippen molar-refractivity contribution in [2.75, 3.05) is 0 Å². The van der Waals surface area contributed by atoms with Crippen LogP contribution in [0.2, 0.25) is 0 Å². The molecule has 132 valence electrons. The van der Waals surface area contributed by atoms with E-state index in [0.29, 0.717) is 17.1 Å². The lowest BCUT2D eigenvalue weighted by Gasteiger charge is -2.08. The van der Waals surface area contributed by atoms with E-state index in [2.05, 4.69) is 61.1 Å². The third kappa shape index (κ3) is 4.55. The van der Waals surface area contributed by atoms with Gasteiger partial charge in [-0.25, -0.2) is 4.79 Å². The Morgan fingerprint density at radius 1 is 1.15 bits per heavy atom. The first-order valence-electron chi connectivity index (χ1n) is 7.42.